The van der Waals surface area contributed by atoms with Crippen LogP contribution in [-0.2, 0) is 28.7 Å². The molecule has 25 heavy (non-hydrogen) atoms. The van der Waals surface area contributed by atoms with Gasteiger partial charge in [0, 0.05) is 6.42 Å². The summed E-state index contributed by atoms with van der Waals surface area (Å²) in [6.45, 7) is 0.0205. The zero-order chi connectivity index (χ0) is 18.6. The number of carbonyl (C=O) groups is 1. The molecule has 2 rings (SSSR count). The number of anilines is 1. The molecule has 1 atom stereocenters. The minimum Gasteiger partial charge on any atom is -0.479 e. The zero-order valence-electron chi connectivity index (χ0n) is 12.9. The summed E-state index contributed by atoms with van der Waals surface area (Å²) in [4.78, 5) is 11.4. The monoisotopic (exact) mass is 373 g/mol. The van der Waals surface area contributed by atoms with Crippen LogP contribution in [0.5, 0.6) is 0 Å². The maximum Gasteiger partial charge on any atom is 0.418 e. The molecule has 0 saturated carbocycles. The Hall–Kier alpha value is -2.25. The molecular weight excluding hydrogens is 359 g/mol. The van der Waals surface area contributed by atoms with E-state index in [0.717, 1.165) is 11.6 Å². The highest BCUT2D eigenvalue weighted by molar-refractivity contribution is 6.33. The topological polar surface area (TPSA) is 72.5 Å². The maximum absolute atomic E-state index is 13.0. The molecule has 0 aromatic heterocycles. The lowest BCUT2D eigenvalue weighted by atomic mass is 10.0. The first-order chi connectivity index (χ1) is 11.7. The first-order valence-electron chi connectivity index (χ1n) is 7.22. The number of benzene rings is 2. The highest BCUT2D eigenvalue weighted by Gasteiger charge is 2.34. The lowest BCUT2D eigenvalue weighted by Crippen LogP contribution is -2.26. The van der Waals surface area contributed by atoms with Gasteiger partial charge in [-0.15, -0.1) is 0 Å². The van der Waals surface area contributed by atoms with Crippen LogP contribution in [0.15, 0.2) is 42.5 Å². The average Bonchev–Trinajstić information content (AvgIpc) is 2.54. The number of nitrogens with two attached hydrogens (primary N) is 1. The number of ether oxygens (including phenoxy) is 1. The molecule has 0 aliphatic heterocycles. The summed E-state index contributed by atoms with van der Waals surface area (Å²) in [5.41, 5.74) is 4.51. The second kappa shape index (κ2) is 7.76. The van der Waals surface area contributed by atoms with Crippen LogP contribution in [0.1, 0.15) is 16.7 Å². The number of nitrogen functional groups attached to an aromatic ring is 1. The van der Waals surface area contributed by atoms with Crippen molar-refractivity contribution in [1.82, 2.24) is 0 Å². The molecule has 0 radical (unpaired) electrons. The van der Waals surface area contributed by atoms with Gasteiger partial charge in [0.15, 0.2) is 6.10 Å². The van der Waals surface area contributed by atoms with Crippen LogP contribution in [-0.4, -0.2) is 17.2 Å². The van der Waals surface area contributed by atoms with Gasteiger partial charge in [0.1, 0.15) is 0 Å². The second-order valence-corrected chi connectivity index (χ2v) is 5.77. The number of carboxylic acids is 1. The third-order valence-electron chi connectivity index (χ3n) is 3.49. The molecule has 0 amide bonds. The molecule has 0 fully saturated rings. The average molecular weight is 374 g/mol. The van der Waals surface area contributed by atoms with Gasteiger partial charge < -0.3 is 15.6 Å². The molecule has 0 bridgehead atoms. The molecule has 3 N–H and O–H groups in total. The highest BCUT2D eigenvalue weighted by Crippen LogP contribution is 2.38. The molecule has 0 aliphatic rings. The summed E-state index contributed by atoms with van der Waals surface area (Å²) in [5.74, 6) is -1.28. The van der Waals surface area contributed by atoms with Crippen LogP contribution in [0.4, 0.5) is 18.9 Å². The van der Waals surface area contributed by atoms with Gasteiger partial charge in [0.2, 0.25) is 0 Å². The Kier molecular flexibility index (Phi) is 5.92. The first kappa shape index (κ1) is 19.1. The summed E-state index contributed by atoms with van der Waals surface area (Å²) < 4.78 is 44.3. The number of hydrogen-bond acceptors (Lipinski definition) is 3. The predicted octanol–water partition coefficient (Wildman–Crippen LogP) is 4.15. The van der Waals surface area contributed by atoms with Crippen molar-refractivity contribution in [3.63, 3.8) is 0 Å². The molecule has 8 heteroatoms. The van der Waals surface area contributed by atoms with E-state index < -0.39 is 29.5 Å². The minimum atomic E-state index is -4.69. The van der Waals surface area contributed by atoms with Crippen molar-refractivity contribution >= 4 is 23.3 Å². The van der Waals surface area contributed by atoms with Crippen LogP contribution >= 0.6 is 11.6 Å². The summed E-state index contributed by atoms with van der Waals surface area (Å²) in [6, 6.07) is 10.8. The predicted molar refractivity (Wildman–Crippen MR) is 87.2 cm³/mol. The van der Waals surface area contributed by atoms with E-state index in [9.17, 15) is 23.1 Å². The quantitative estimate of drug-likeness (QED) is 0.746. The summed E-state index contributed by atoms with van der Waals surface area (Å²) in [5, 5.41) is 8.98. The van der Waals surface area contributed by atoms with Crippen LogP contribution < -0.4 is 5.73 Å². The summed E-state index contributed by atoms with van der Waals surface area (Å²) in [6.07, 6.45) is -6.28. The van der Waals surface area contributed by atoms with Gasteiger partial charge in [-0.05, 0) is 23.3 Å². The molecule has 4 nitrogen and oxygen atoms in total. The third-order valence-corrected chi connectivity index (χ3v) is 3.80. The normalized spacial score (nSPS) is 12.8. The van der Waals surface area contributed by atoms with E-state index in [1.807, 2.05) is 0 Å². The molecule has 0 aliphatic carbocycles. The van der Waals surface area contributed by atoms with E-state index in [1.54, 1.807) is 30.3 Å². The molecule has 0 spiro atoms. The van der Waals surface area contributed by atoms with E-state index in [2.05, 4.69) is 0 Å². The lowest BCUT2D eigenvalue weighted by Gasteiger charge is -2.17. The molecular formula is C17H15ClF3NO3. The van der Waals surface area contributed by atoms with Gasteiger partial charge in [0.05, 0.1) is 22.9 Å². The summed E-state index contributed by atoms with van der Waals surface area (Å²) >= 11 is 5.75. The van der Waals surface area contributed by atoms with Crippen molar-refractivity contribution < 1.29 is 27.8 Å². The van der Waals surface area contributed by atoms with Gasteiger partial charge in [0.25, 0.3) is 0 Å². The standard InChI is InChI=1S/C17H15ClF3NO3/c18-13-7-11(6-12(15(13)22)17(19,20)21)8-14(16(23)24)25-9-10-4-2-1-3-5-10/h1-7,14H,8-9,22H2,(H,23,24). The van der Waals surface area contributed by atoms with Crippen LogP contribution in [0.2, 0.25) is 5.02 Å². The van der Waals surface area contributed by atoms with Crippen molar-refractivity contribution in [2.24, 2.45) is 0 Å². The van der Waals surface area contributed by atoms with E-state index >= 15 is 0 Å². The maximum atomic E-state index is 13.0. The fraction of sp³-hybridized carbons (Fsp3) is 0.235. The zero-order valence-corrected chi connectivity index (χ0v) is 13.6. The van der Waals surface area contributed by atoms with Crippen molar-refractivity contribution in [2.45, 2.75) is 25.3 Å². The van der Waals surface area contributed by atoms with Gasteiger partial charge in [-0.2, -0.15) is 13.2 Å². The van der Waals surface area contributed by atoms with Crippen LogP contribution in [0.3, 0.4) is 0 Å². The molecule has 2 aromatic carbocycles. The number of hydrogen-bond donors (Lipinski definition) is 2. The second-order valence-electron chi connectivity index (χ2n) is 5.36. The first-order valence-corrected chi connectivity index (χ1v) is 7.59. The number of carboxylic acid groups (broad SMARTS) is 1. The molecule has 0 heterocycles. The fourth-order valence-electron chi connectivity index (χ4n) is 2.23. The Bertz CT molecular complexity index is 751. The Morgan fingerprint density at radius 2 is 1.84 bits per heavy atom. The lowest BCUT2D eigenvalue weighted by molar-refractivity contribution is -0.151. The van der Waals surface area contributed by atoms with Crippen molar-refractivity contribution in [3.05, 3.63) is 64.2 Å². The van der Waals surface area contributed by atoms with E-state index in [1.165, 1.54) is 6.07 Å². The van der Waals surface area contributed by atoms with E-state index in [4.69, 9.17) is 22.1 Å². The van der Waals surface area contributed by atoms with Crippen LogP contribution in [0.25, 0.3) is 0 Å². The largest absolute Gasteiger partial charge is 0.479 e. The highest BCUT2D eigenvalue weighted by atomic mass is 35.5. The Morgan fingerprint density at radius 3 is 2.40 bits per heavy atom. The fourth-order valence-corrected chi connectivity index (χ4v) is 2.47. The number of alkyl halides is 3. The van der Waals surface area contributed by atoms with E-state index in [-0.39, 0.29) is 23.6 Å². The van der Waals surface area contributed by atoms with E-state index in [0.29, 0.717) is 0 Å². The van der Waals surface area contributed by atoms with Crippen molar-refractivity contribution in [1.29, 1.82) is 0 Å². The van der Waals surface area contributed by atoms with Crippen molar-refractivity contribution in [2.75, 3.05) is 5.73 Å². The van der Waals surface area contributed by atoms with Crippen molar-refractivity contribution in [3.8, 4) is 0 Å². The minimum absolute atomic E-state index is 0.0205. The Morgan fingerprint density at radius 1 is 1.20 bits per heavy atom. The smallest absolute Gasteiger partial charge is 0.418 e. The number of halogens is 4. The Balaban J connectivity index is 2.19. The Labute approximate surface area is 147 Å². The SMILES string of the molecule is Nc1c(Cl)cc(CC(OCc2ccccc2)C(=O)O)cc1C(F)(F)F. The van der Waals surface area contributed by atoms with Gasteiger partial charge in [-0.25, -0.2) is 4.79 Å². The molecule has 1 unspecified atom stereocenters. The number of aliphatic carboxylic acids is 1. The summed E-state index contributed by atoms with van der Waals surface area (Å²) in [7, 11) is 0. The van der Waals surface area contributed by atoms with Gasteiger partial charge >= 0.3 is 12.1 Å². The molecule has 134 valence electrons. The molecule has 0 saturated heterocycles. The van der Waals surface area contributed by atoms with Gasteiger partial charge in [-0.3, -0.25) is 0 Å². The van der Waals surface area contributed by atoms with Crippen LogP contribution in [0, 0.1) is 0 Å². The molecule has 2 aromatic rings. The third kappa shape index (κ3) is 5.11. The van der Waals surface area contributed by atoms with Gasteiger partial charge in [-0.1, -0.05) is 41.9 Å². The number of rotatable bonds is 6.